The van der Waals surface area contributed by atoms with Crippen LogP contribution < -0.4 is 0 Å². The lowest BCUT2D eigenvalue weighted by molar-refractivity contribution is -0.190. The largest absolute Gasteiger partial charge is 0.463 e. The Hall–Kier alpha value is -1.67. The number of nitrogens with zero attached hydrogens (tertiary/aromatic N) is 2. The molecule has 2 heterocycles. The van der Waals surface area contributed by atoms with Gasteiger partial charge in [0.25, 0.3) is 6.02 Å². The Balaban J connectivity index is 1.91. The van der Waals surface area contributed by atoms with Crippen LogP contribution in [0.3, 0.4) is 0 Å². The number of aliphatic hydroxyl groups excluding tert-OH is 4. The van der Waals surface area contributed by atoms with E-state index in [2.05, 4.69) is 4.99 Å². The van der Waals surface area contributed by atoms with Crippen LogP contribution in [0, 0.1) is 0 Å². The highest BCUT2D eigenvalue weighted by Gasteiger charge is 2.52. The molecule has 0 amide bonds. The number of benzene rings is 1. The molecule has 0 spiro atoms. The molecule has 3 rings (SSSR count). The minimum Gasteiger partial charge on any atom is -0.463 e. The molecule has 0 saturated carbocycles. The Bertz CT molecular complexity index is 509. The van der Waals surface area contributed by atoms with Crippen molar-refractivity contribution in [2.45, 2.75) is 30.6 Å². The van der Waals surface area contributed by atoms with Gasteiger partial charge in [-0.15, -0.1) is 0 Å². The topological polar surface area (TPSA) is 106 Å². The fraction of sp³-hybridized carbons (Fsp3) is 0.462. The van der Waals surface area contributed by atoms with Gasteiger partial charge in [0.15, 0.2) is 6.23 Å². The summed E-state index contributed by atoms with van der Waals surface area (Å²) in [5, 5.41) is 39.3. The van der Waals surface area contributed by atoms with Crippen molar-refractivity contribution in [3.05, 3.63) is 30.3 Å². The number of aliphatic imine (C=N–C) groups is 1. The molecule has 4 N–H and O–H groups in total. The van der Waals surface area contributed by atoms with Gasteiger partial charge in [0.2, 0.25) is 0 Å². The average molecular weight is 280 g/mol. The van der Waals surface area contributed by atoms with Crippen LogP contribution in [0.2, 0.25) is 0 Å². The van der Waals surface area contributed by atoms with Crippen LogP contribution in [0.15, 0.2) is 35.3 Å². The maximum Gasteiger partial charge on any atom is 0.295 e. The lowest BCUT2D eigenvalue weighted by Crippen LogP contribution is -2.65. The van der Waals surface area contributed by atoms with E-state index in [0.717, 1.165) is 0 Å². The zero-order valence-corrected chi connectivity index (χ0v) is 10.6. The Labute approximate surface area is 115 Å². The van der Waals surface area contributed by atoms with Crippen molar-refractivity contribution in [2.24, 2.45) is 4.99 Å². The summed E-state index contributed by atoms with van der Waals surface area (Å²) in [6.07, 6.45) is -5.48. The van der Waals surface area contributed by atoms with Crippen molar-refractivity contribution in [3.8, 4) is 0 Å². The van der Waals surface area contributed by atoms with Gasteiger partial charge in [0.05, 0.1) is 11.7 Å². The molecule has 7 nitrogen and oxygen atoms in total. The second-order valence-corrected chi connectivity index (χ2v) is 4.90. The highest BCUT2D eigenvalue weighted by Crippen LogP contribution is 2.29. The van der Waals surface area contributed by atoms with Crippen LogP contribution in [0.1, 0.15) is 0 Å². The van der Waals surface area contributed by atoms with Crippen molar-refractivity contribution >= 4 is 11.7 Å². The van der Waals surface area contributed by atoms with Gasteiger partial charge in [-0.05, 0) is 12.1 Å². The zero-order valence-electron chi connectivity index (χ0n) is 10.6. The van der Waals surface area contributed by atoms with Crippen LogP contribution >= 0.6 is 0 Å². The molecule has 0 bridgehead atoms. The number of aliphatic hydroxyl groups is 4. The highest BCUT2D eigenvalue weighted by atomic mass is 16.5. The van der Waals surface area contributed by atoms with E-state index in [9.17, 15) is 20.4 Å². The molecule has 2 aliphatic rings. The summed E-state index contributed by atoms with van der Waals surface area (Å²) in [7, 11) is 0. The van der Waals surface area contributed by atoms with Crippen molar-refractivity contribution < 1.29 is 25.2 Å². The van der Waals surface area contributed by atoms with Crippen molar-refractivity contribution in [2.75, 3.05) is 6.61 Å². The first-order valence-corrected chi connectivity index (χ1v) is 6.37. The van der Waals surface area contributed by atoms with E-state index in [4.69, 9.17) is 4.74 Å². The number of rotatable bonds is 1. The first-order valence-electron chi connectivity index (χ1n) is 6.37. The summed E-state index contributed by atoms with van der Waals surface area (Å²) in [6, 6.07) is 8.49. The number of ether oxygens (including phenoxy) is 1. The van der Waals surface area contributed by atoms with Gasteiger partial charge in [-0.2, -0.15) is 4.99 Å². The van der Waals surface area contributed by atoms with Gasteiger partial charge in [0, 0.05) is 0 Å². The third kappa shape index (κ3) is 2.04. The molecule has 0 aromatic heterocycles. The van der Waals surface area contributed by atoms with E-state index in [-0.39, 0.29) is 12.6 Å². The molecule has 5 atom stereocenters. The van der Waals surface area contributed by atoms with Crippen LogP contribution in [-0.4, -0.2) is 68.5 Å². The molecule has 7 heteroatoms. The summed E-state index contributed by atoms with van der Waals surface area (Å²) < 4.78 is 5.38. The van der Waals surface area contributed by atoms with E-state index < -0.39 is 30.6 Å². The van der Waals surface area contributed by atoms with Crippen LogP contribution in [-0.2, 0) is 4.74 Å². The van der Waals surface area contributed by atoms with E-state index in [1.165, 1.54) is 4.90 Å². The van der Waals surface area contributed by atoms with Gasteiger partial charge in [-0.25, -0.2) is 0 Å². The van der Waals surface area contributed by atoms with Gasteiger partial charge < -0.3 is 25.2 Å². The second-order valence-electron chi connectivity index (χ2n) is 4.90. The summed E-state index contributed by atoms with van der Waals surface area (Å²) in [6.45, 7) is 0.0909. The smallest absolute Gasteiger partial charge is 0.295 e. The SMILES string of the molecule is O[C@@H]1[C@@H](O)[C@@H](O)N2C(=Nc3ccccc3)OC[C@@H]2[C@@H]1O. The molecule has 2 aliphatic heterocycles. The summed E-state index contributed by atoms with van der Waals surface area (Å²) in [4.78, 5) is 5.54. The van der Waals surface area contributed by atoms with Crippen LogP contribution in [0.5, 0.6) is 0 Å². The first-order chi connectivity index (χ1) is 9.59. The molecular formula is C13H16N2O5. The fourth-order valence-electron chi connectivity index (χ4n) is 2.50. The van der Waals surface area contributed by atoms with E-state index in [1.54, 1.807) is 12.1 Å². The molecule has 1 aromatic carbocycles. The molecular weight excluding hydrogens is 264 g/mol. The average Bonchev–Trinajstić information content (AvgIpc) is 2.88. The molecule has 0 aliphatic carbocycles. The van der Waals surface area contributed by atoms with E-state index in [0.29, 0.717) is 5.69 Å². The van der Waals surface area contributed by atoms with E-state index >= 15 is 0 Å². The lowest BCUT2D eigenvalue weighted by atomic mass is 9.94. The summed E-state index contributed by atoms with van der Waals surface area (Å²) in [5.74, 6) is 0. The maximum atomic E-state index is 10.0. The Kier molecular flexibility index (Phi) is 3.35. The molecule has 0 unspecified atom stereocenters. The Morgan fingerprint density at radius 3 is 2.40 bits per heavy atom. The number of hydrogen-bond acceptors (Lipinski definition) is 6. The minimum atomic E-state index is -1.48. The molecule has 2 fully saturated rings. The van der Waals surface area contributed by atoms with Gasteiger partial charge in [-0.1, -0.05) is 18.2 Å². The molecule has 20 heavy (non-hydrogen) atoms. The predicted molar refractivity (Wildman–Crippen MR) is 69.1 cm³/mol. The highest BCUT2D eigenvalue weighted by molar-refractivity contribution is 5.79. The first kappa shape index (κ1) is 13.3. The number of para-hydroxylation sites is 1. The zero-order chi connectivity index (χ0) is 14.3. The lowest BCUT2D eigenvalue weighted by Gasteiger charge is -2.42. The number of hydrogen-bond donors (Lipinski definition) is 4. The van der Waals surface area contributed by atoms with E-state index in [1.807, 2.05) is 18.2 Å². The van der Waals surface area contributed by atoms with Crippen molar-refractivity contribution in [3.63, 3.8) is 0 Å². The summed E-state index contributed by atoms with van der Waals surface area (Å²) >= 11 is 0. The van der Waals surface area contributed by atoms with Crippen LogP contribution in [0.25, 0.3) is 0 Å². The standard InChI is InChI=1S/C13H16N2O5/c16-9-8-6-20-13(14-7-4-2-1-3-5-7)15(8)12(19)11(18)10(9)17/h1-5,8-12,16-19H,6H2/t8-,9+,10+,11-,12-/m1/s1. The van der Waals surface area contributed by atoms with Crippen molar-refractivity contribution in [1.82, 2.24) is 4.90 Å². The number of amidine groups is 1. The number of piperidine rings is 1. The third-order valence-corrected chi connectivity index (χ3v) is 3.63. The second kappa shape index (κ2) is 5.02. The molecule has 0 radical (unpaired) electrons. The summed E-state index contributed by atoms with van der Waals surface area (Å²) in [5.41, 5.74) is 0.630. The predicted octanol–water partition coefficient (Wildman–Crippen LogP) is -1.21. The van der Waals surface area contributed by atoms with Gasteiger partial charge in [0.1, 0.15) is 24.9 Å². The Morgan fingerprint density at radius 2 is 1.70 bits per heavy atom. The minimum absolute atomic E-state index is 0.0909. The Morgan fingerprint density at radius 1 is 1.00 bits per heavy atom. The molecule has 108 valence electrons. The quantitative estimate of drug-likeness (QED) is 0.514. The van der Waals surface area contributed by atoms with Gasteiger partial charge >= 0.3 is 0 Å². The van der Waals surface area contributed by atoms with Gasteiger partial charge in [-0.3, -0.25) is 4.90 Å². The molecule has 2 saturated heterocycles. The fourth-order valence-corrected chi connectivity index (χ4v) is 2.50. The van der Waals surface area contributed by atoms with Crippen molar-refractivity contribution in [1.29, 1.82) is 0 Å². The number of fused-ring (bicyclic) bond motifs is 1. The molecule has 1 aromatic rings. The maximum absolute atomic E-state index is 10.0. The third-order valence-electron chi connectivity index (χ3n) is 3.63. The monoisotopic (exact) mass is 280 g/mol. The van der Waals surface area contributed by atoms with Crippen LogP contribution in [0.4, 0.5) is 5.69 Å². The normalized spacial score (nSPS) is 38.7.